The van der Waals surface area contributed by atoms with E-state index in [0.29, 0.717) is 12.6 Å². The van der Waals surface area contributed by atoms with Gasteiger partial charge in [0.25, 0.3) is 5.91 Å². The van der Waals surface area contributed by atoms with E-state index in [1.165, 1.54) is 12.8 Å². The summed E-state index contributed by atoms with van der Waals surface area (Å²) in [5, 5.41) is 1.60. The molecule has 112 valence electrons. The summed E-state index contributed by atoms with van der Waals surface area (Å²) in [4.78, 5) is 20.7. The van der Waals surface area contributed by atoms with Crippen molar-refractivity contribution < 1.29 is 14.4 Å². The van der Waals surface area contributed by atoms with Crippen molar-refractivity contribution in [2.45, 2.75) is 44.2 Å². The molecule has 4 rings (SSSR count). The summed E-state index contributed by atoms with van der Waals surface area (Å²) < 4.78 is 5.89. The van der Waals surface area contributed by atoms with Gasteiger partial charge in [-0.1, -0.05) is 0 Å². The molecule has 1 saturated carbocycles. The van der Waals surface area contributed by atoms with Gasteiger partial charge in [0.2, 0.25) is 0 Å². The SMILES string of the molecule is O=C([C@H]1CN(CC2CC2)[C@@H]2CCO[C@H]12)N1CCCCO1. The molecular weight excluding hydrogens is 256 g/mol. The van der Waals surface area contributed by atoms with E-state index in [2.05, 4.69) is 4.90 Å². The van der Waals surface area contributed by atoms with E-state index in [0.717, 1.165) is 51.4 Å². The van der Waals surface area contributed by atoms with Crippen LogP contribution in [0.5, 0.6) is 0 Å². The molecule has 5 nitrogen and oxygen atoms in total. The second kappa shape index (κ2) is 5.28. The first-order valence-corrected chi connectivity index (χ1v) is 8.13. The average Bonchev–Trinajstić information content (AvgIpc) is 3.05. The molecule has 4 fully saturated rings. The van der Waals surface area contributed by atoms with Crippen molar-refractivity contribution >= 4 is 5.91 Å². The minimum atomic E-state index is -0.0145. The van der Waals surface area contributed by atoms with Gasteiger partial charge in [-0.25, -0.2) is 5.06 Å². The fourth-order valence-electron chi connectivity index (χ4n) is 3.88. The minimum Gasteiger partial charge on any atom is -0.376 e. The van der Waals surface area contributed by atoms with Crippen molar-refractivity contribution in [2.75, 3.05) is 32.8 Å². The number of likely N-dealkylation sites (tertiary alicyclic amines) is 1. The summed E-state index contributed by atoms with van der Waals surface area (Å²) in [5.41, 5.74) is 0. The van der Waals surface area contributed by atoms with Crippen LogP contribution < -0.4 is 0 Å². The normalized spacial score (nSPS) is 38.2. The molecule has 20 heavy (non-hydrogen) atoms. The average molecular weight is 280 g/mol. The van der Waals surface area contributed by atoms with Gasteiger partial charge in [-0.3, -0.25) is 14.5 Å². The number of rotatable bonds is 3. The van der Waals surface area contributed by atoms with Gasteiger partial charge < -0.3 is 4.74 Å². The Morgan fingerprint density at radius 1 is 1.15 bits per heavy atom. The zero-order valence-corrected chi connectivity index (χ0v) is 12.0. The Balaban J connectivity index is 1.45. The second-order valence-electron chi connectivity index (χ2n) is 6.68. The van der Waals surface area contributed by atoms with Gasteiger partial charge in [0.15, 0.2) is 0 Å². The standard InChI is InChI=1S/C15H24N2O3/c18-15(17-6-1-2-7-20-17)12-10-16(9-11-3-4-11)13-5-8-19-14(12)13/h11-14H,1-10H2/t12-,13+,14+/m0/s1. The lowest BCUT2D eigenvalue weighted by Crippen LogP contribution is -2.43. The molecule has 1 amide bonds. The third kappa shape index (κ3) is 2.36. The van der Waals surface area contributed by atoms with Gasteiger partial charge in [-0.15, -0.1) is 0 Å². The highest BCUT2D eigenvalue weighted by Crippen LogP contribution is 2.38. The van der Waals surface area contributed by atoms with E-state index in [1.54, 1.807) is 5.06 Å². The first-order chi connectivity index (χ1) is 9.83. The van der Waals surface area contributed by atoms with Crippen LogP contribution in [0, 0.1) is 11.8 Å². The number of hydrogen-bond donors (Lipinski definition) is 0. The van der Waals surface area contributed by atoms with Crippen molar-refractivity contribution in [2.24, 2.45) is 11.8 Å². The van der Waals surface area contributed by atoms with Crippen LogP contribution in [0.2, 0.25) is 0 Å². The fourth-order valence-corrected chi connectivity index (χ4v) is 3.88. The smallest absolute Gasteiger partial charge is 0.253 e. The topological polar surface area (TPSA) is 42.0 Å². The number of ether oxygens (including phenoxy) is 1. The number of fused-ring (bicyclic) bond motifs is 1. The zero-order valence-electron chi connectivity index (χ0n) is 12.0. The molecule has 4 aliphatic rings. The van der Waals surface area contributed by atoms with Crippen molar-refractivity contribution in [3.8, 4) is 0 Å². The van der Waals surface area contributed by atoms with Crippen molar-refractivity contribution in [1.29, 1.82) is 0 Å². The molecule has 0 spiro atoms. The van der Waals surface area contributed by atoms with Crippen LogP contribution in [-0.4, -0.2) is 60.9 Å². The van der Waals surface area contributed by atoms with Gasteiger partial charge in [0.05, 0.1) is 18.6 Å². The molecule has 3 aliphatic heterocycles. The lowest BCUT2D eigenvalue weighted by atomic mass is 10.0. The lowest BCUT2D eigenvalue weighted by Gasteiger charge is -2.29. The largest absolute Gasteiger partial charge is 0.376 e. The highest BCUT2D eigenvalue weighted by molar-refractivity contribution is 5.79. The van der Waals surface area contributed by atoms with Crippen LogP contribution in [-0.2, 0) is 14.4 Å². The summed E-state index contributed by atoms with van der Waals surface area (Å²) in [7, 11) is 0. The van der Waals surface area contributed by atoms with Gasteiger partial charge >= 0.3 is 0 Å². The van der Waals surface area contributed by atoms with Crippen LogP contribution >= 0.6 is 0 Å². The second-order valence-corrected chi connectivity index (χ2v) is 6.68. The first-order valence-electron chi connectivity index (χ1n) is 8.13. The van der Waals surface area contributed by atoms with Crippen molar-refractivity contribution in [3.05, 3.63) is 0 Å². The van der Waals surface area contributed by atoms with Crippen LogP contribution in [0.1, 0.15) is 32.1 Å². The maximum absolute atomic E-state index is 12.7. The summed E-state index contributed by atoms with van der Waals surface area (Å²) >= 11 is 0. The Kier molecular flexibility index (Phi) is 3.44. The molecule has 0 aromatic heterocycles. The Morgan fingerprint density at radius 2 is 2.05 bits per heavy atom. The predicted octanol–water partition coefficient (Wildman–Crippen LogP) is 1.04. The molecule has 0 radical (unpaired) electrons. The zero-order chi connectivity index (χ0) is 13.5. The summed E-state index contributed by atoms with van der Waals surface area (Å²) in [6.07, 6.45) is 6.03. The molecule has 0 aromatic rings. The van der Waals surface area contributed by atoms with Crippen LogP contribution in [0.4, 0.5) is 0 Å². The predicted molar refractivity (Wildman–Crippen MR) is 72.8 cm³/mol. The van der Waals surface area contributed by atoms with E-state index in [1.807, 2.05) is 0 Å². The Bertz CT molecular complexity index is 379. The first kappa shape index (κ1) is 13.0. The van der Waals surface area contributed by atoms with Gasteiger partial charge in [-0.05, 0) is 38.0 Å². The summed E-state index contributed by atoms with van der Waals surface area (Å²) in [6.45, 7) is 4.26. The quantitative estimate of drug-likeness (QED) is 0.774. The number of nitrogens with zero attached hydrogens (tertiary/aromatic N) is 2. The molecule has 1 aliphatic carbocycles. The number of carbonyl (C=O) groups excluding carboxylic acids is 1. The monoisotopic (exact) mass is 280 g/mol. The maximum Gasteiger partial charge on any atom is 0.253 e. The maximum atomic E-state index is 12.7. The van der Waals surface area contributed by atoms with Crippen molar-refractivity contribution in [3.63, 3.8) is 0 Å². The molecular formula is C15H24N2O3. The third-order valence-electron chi connectivity index (χ3n) is 5.16. The number of hydroxylamine groups is 2. The number of amides is 1. The molecule has 5 heteroatoms. The molecule has 0 aromatic carbocycles. The van der Waals surface area contributed by atoms with Gasteiger partial charge in [0.1, 0.15) is 0 Å². The Labute approximate surface area is 120 Å². The molecule has 0 bridgehead atoms. The Hall–Kier alpha value is -0.650. The highest BCUT2D eigenvalue weighted by atomic mass is 16.7. The molecule has 0 N–H and O–H groups in total. The highest BCUT2D eigenvalue weighted by Gasteiger charge is 2.50. The fraction of sp³-hybridized carbons (Fsp3) is 0.933. The number of carbonyl (C=O) groups is 1. The molecule has 3 atom stereocenters. The van der Waals surface area contributed by atoms with Crippen LogP contribution in [0.3, 0.4) is 0 Å². The van der Waals surface area contributed by atoms with Gasteiger partial charge in [0, 0.05) is 32.3 Å². The molecule has 3 saturated heterocycles. The molecule has 0 unspecified atom stereocenters. The lowest BCUT2D eigenvalue weighted by molar-refractivity contribution is -0.203. The summed E-state index contributed by atoms with van der Waals surface area (Å²) in [6, 6.07) is 0.467. The van der Waals surface area contributed by atoms with E-state index in [4.69, 9.17) is 9.57 Å². The minimum absolute atomic E-state index is 0.0145. The number of hydrogen-bond acceptors (Lipinski definition) is 4. The van der Waals surface area contributed by atoms with Crippen LogP contribution in [0.15, 0.2) is 0 Å². The molecule has 3 heterocycles. The van der Waals surface area contributed by atoms with E-state index in [-0.39, 0.29) is 17.9 Å². The third-order valence-corrected chi connectivity index (χ3v) is 5.16. The van der Waals surface area contributed by atoms with E-state index < -0.39 is 0 Å². The van der Waals surface area contributed by atoms with E-state index in [9.17, 15) is 4.79 Å². The van der Waals surface area contributed by atoms with Crippen LogP contribution in [0.25, 0.3) is 0 Å². The van der Waals surface area contributed by atoms with Crippen molar-refractivity contribution in [1.82, 2.24) is 9.96 Å². The van der Waals surface area contributed by atoms with Gasteiger partial charge in [-0.2, -0.15) is 0 Å². The van der Waals surface area contributed by atoms with E-state index >= 15 is 0 Å². The Morgan fingerprint density at radius 3 is 2.80 bits per heavy atom. The summed E-state index contributed by atoms with van der Waals surface area (Å²) in [5.74, 6) is 1.01.